The Morgan fingerprint density at radius 3 is 2.21 bits per heavy atom. The number of ether oxygens (including phenoxy) is 2. The fourth-order valence-corrected chi connectivity index (χ4v) is 4.94. The molecule has 3 rings (SSSR count). The molecule has 0 aliphatic heterocycles. The number of carbonyl (C=O) groups excluding carboxylic acids is 1. The van der Waals surface area contributed by atoms with Crippen LogP contribution in [-0.2, 0) is 14.8 Å². The molecule has 0 saturated carbocycles. The summed E-state index contributed by atoms with van der Waals surface area (Å²) >= 11 is 0. The van der Waals surface area contributed by atoms with Gasteiger partial charge in [0.15, 0.2) is 11.5 Å². The van der Waals surface area contributed by atoms with E-state index >= 15 is 0 Å². The fraction of sp³-hybridized carbons (Fsp3) is 0.240. The van der Waals surface area contributed by atoms with Crippen molar-refractivity contribution in [2.24, 2.45) is 0 Å². The van der Waals surface area contributed by atoms with Crippen LogP contribution in [0.15, 0.2) is 77.7 Å². The topological polar surface area (TPSA) is 84.9 Å². The van der Waals surface area contributed by atoms with Crippen LogP contribution in [0.4, 0.5) is 10.1 Å². The highest BCUT2D eigenvalue weighted by Gasteiger charge is 2.29. The van der Waals surface area contributed by atoms with E-state index in [-0.39, 0.29) is 22.4 Å². The number of hydrogen-bond donors (Lipinski definition) is 1. The van der Waals surface area contributed by atoms with Crippen LogP contribution < -0.4 is 19.1 Å². The molecule has 3 aromatic carbocycles. The predicted molar refractivity (Wildman–Crippen MR) is 128 cm³/mol. The average molecular weight is 487 g/mol. The van der Waals surface area contributed by atoms with Crippen LogP contribution >= 0.6 is 0 Å². The van der Waals surface area contributed by atoms with E-state index in [4.69, 9.17) is 9.47 Å². The minimum absolute atomic E-state index is 0.0997. The van der Waals surface area contributed by atoms with Crippen molar-refractivity contribution >= 4 is 21.6 Å². The van der Waals surface area contributed by atoms with Crippen LogP contribution in [0.2, 0.25) is 0 Å². The highest BCUT2D eigenvalue weighted by molar-refractivity contribution is 7.92. The van der Waals surface area contributed by atoms with Crippen molar-refractivity contribution in [2.45, 2.75) is 24.3 Å². The van der Waals surface area contributed by atoms with Gasteiger partial charge in [-0.25, -0.2) is 12.8 Å². The molecule has 0 aliphatic rings. The second-order valence-electron chi connectivity index (χ2n) is 7.44. The van der Waals surface area contributed by atoms with Gasteiger partial charge in [0, 0.05) is 6.07 Å². The number of sulfonamides is 1. The molecule has 180 valence electrons. The van der Waals surface area contributed by atoms with E-state index in [1.165, 1.54) is 44.6 Å². The first-order valence-electron chi connectivity index (χ1n) is 10.6. The molecule has 0 fully saturated rings. The number of amides is 1. The lowest BCUT2D eigenvalue weighted by Gasteiger charge is -2.26. The summed E-state index contributed by atoms with van der Waals surface area (Å²) in [4.78, 5) is 12.9. The number of halogens is 1. The normalized spacial score (nSPS) is 12.0. The zero-order valence-corrected chi connectivity index (χ0v) is 20.0. The summed E-state index contributed by atoms with van der Waals surface area (Å²) in [5, 5.41) is 2.90. The first-order valence-corrected chi connectivity index (χ1v) is 12.1. The summed E-state index contributed by atoms with van der Waals surface area (Å²) in [6.45, 7) is 1.43. The van der Waals surface area contributed by atoms with E-state index in [1.807, 2.05) is 37.3 Å². The molecule has 0 saturated heterocycles. The smallest absolute Gasteiger partial charge is 0.264 e. The van der Waals surface area contributed by atoms with E-state index in [9.17, 15) is 17.6 Å². The largest absolute Gasteiger partial charge is 0.493 e. The van der Waals surface area contributed by atoms with Crippen LogP contribution in [0.5, 0.6) is 11.5 Å². The van der Waals surface area contributed by atoms with Gasteiger partial charge < -0.3 is 14.8 Å². The fourth-order valence-electron chi connectivity index (χ4n) is 3.50. The molecule has 9 heteroatoms. The molecular weight excluding hydrogens is 459 g/mol. The Balaban J connectivity index is 1.95. The number of methoxy groups -OCH3 is 2. The lowest BCUT2D eigenvalue weighted by molar-refractivity contribution is -0.120. The van der Waals surface area contributed by atoms with Gasteiger partial charge in [0.2, 0.25) is 5.91 Å². The SMILES string of the molecule is CC[C@@H](NC(=O)CN(c1ccc(F)cc1)S(=O)(=O)c1ccc(OC)c(OC)c1)c1ccccc1. The first kappa shape index (κ1) is 25.0. The monoisotopic (exact) mass is 486 g/mol. The van der Waals surface area contributed by atoms with Crippen molar-refractivity contribution in [3.63, 3.8) is 0 Å². The number of benzene rings is 3. The van der Waals surface area contributed by atoms with Crippen LogP contribution in [-0.4, -0.2) is 35.1 Å². The van der Waals surface area contributed by atoms with Crippen molar-refractivity contribution < 1.29 is 27.1 Å². The van der Waals surface area contributed by atoms with Gasteiger partial charge in [-0.05, 0) is 48.4 Å². The van der Waals surface area contributed by atoms with E-state index in [0.717, 1.165) is 22.0 Å². The van der Waals surface area contributed by atoms with Crippen molar-refractivity contribution in [1.29, 1.82) is 0 Å². The Bertz CT molecular complexity index is 1220. The molecule has 0 bridgehead atoms. The van der Waals surface area contributed by atoms with Crippen molar-refractivity contribution in [3.8, 4) is 11.5 Å². The van der Waals surface area contributed by atoms with Gasteiger partial charge in [0.25, 0.3) is 10.0 Å². The van der Waals surface area contributed by atoms with Crippen molar-refractivity contribution in [1.82, 2.24) is 5.32 Å². The molecule has 1 amide bonds. The molecule has 0 heterocycles. The number of rotatable bonds is 10. The third-order valence-corrected chi connectivity index (χ3v) is 7.06. The number of hydrogen-bond acceptors (Lipinski definition) is 5. The van der Waals surface area contributed by atoms with Crippen LogP contribution in [0.3, 0.4) is 0 Å². The van der Waals surface area contributed by atoms with Crippen LogP contribution in [0, 0.1) is 5.82 Å². The third-order valence-electron chi connectivity index (χ3n) is 5.29. The summed E-state index contributed by atoms with van der Waals surface area (Å²) in [5.41, 5.74) is 1.06. The van der Waals surface area contributed by atoms with Crippen molar-refractivity contribution in [2.75, 3.05) is 25.1 Å². The van der Waals surface area contributed by atoms with Crippen molar-refractivity contribution in [3.05, 3.63) is 84.2 Å². The summed E-state index contributed by atoms with van der Waals surface area (Å²) in [7, 11) is -1.37. The average Bonchev–Trinajstić information content (AvgIpc) is 2.86. The van der Waals surface area contributed by atoms with Crippen LogP contribution in [0.1, 0.15) is 24.9 Å². The molecule has 0 spiro atoms. The number of nitrogens with zero attached hydrogens (tertiary/aromatic N) is 1. The first-order chi connectivity index (χ1) is 16.3. The Morgan fingerprint density at radius 1 is 0.971 bits per heavy atom. The lowest BCUT2D eigenvalue weighted by atomic mass is 10.0. The van der Waals surface area contributed by atoms with Gasteiger partial charge in [-0.3, -0.25) is 9.10 Å². The van der Waals surface area contributed by atoms with Gasteiger partial charge in [-0.1, -0.05) is 37.3 Å². The highest BCUT2D eigenvalue weighted by atomic mass is 32.2. The maximum absolute atomic E-state index is 13.6. The third kappa shape index (κ3) is 5.66. The van der Waals surface area contributed by atoms with Crippen LogP contribution in [0.25, 0.3) is 0 Å². The Labute approximate surface area is 199 Å². The number of carbonyl (C=O) groups is 1. The van der Waals surface area contributed by atoms with Gasteiger partial charge in [-0.15, -0.1) is 0 Å². The number of nitrogens with one attached hydrogen (secondary N) is 1. The van der Waals surface area contributed by atoms with Gasteiger partial charge in [-0.2, -0.15) is 0 Å². The predicted octanol–water partition coefficient (Wildman–Crippen LogP) is 4.31. The molecular formula is C25H27FN2O5S. The Kier molecular flexibility index (Phi) is 8.12. The number of anilines is 1. The quantitative estimate of drug-likeness (QED) is 0.462. The minimum Gasteiger partial charge on any atom is -0.493 e. The van der Waals surface area contributed by atoms with Gasteiger partial charge in [0.05, 0.1) is 30.8 Å². The van der Waals surface area contributed by atoms with E-state index in [0.29, 0.717) is 12.2 Å². The molecule has 0 radical (unpaired) electrons. The molecule has 1 N–H and O–H groups in total. The molecule has 0 aliphatic carbocycles. The molecule has 0 unspecified atom stereocenters. The minimum atomic E-state index is -4.21. The van der Waals surface area contributed by atoms with E-state index in [2.05, 4.69) is 5.32 Å². The molecule has 34 heavy (non-hydrogen) atoms. The highest BCUT2D eigenvalue weighted by Crippen LogP contribution is 2.32. The zero-order valence-electron chi connectivity index (χ0n) is 19.2. The molecule has 3 aromatic rings. The molecule has 7 nitrogen and oxygen atoms in total. The lowest BCUT2D eigenvalue weighted by Crippen LogP contribution is -2.42. The van der Waals surface area contributed by atoms with Gasteiger partial charge >= 0.3 is 0 Å². The molecule has 1 atom stereocenters. The second kappa shape index (κ2) is 11.0. The zero-order chi connectivity index (χ0) is 24.7. The summed E-state index contributed by atoms with van der Waals surface area (Å²) in [5.74, 6) is -0.431. The summed E-state index contributed by atoms with van der Waals surface area (Å²) in [6, 6.07) is 18.2. The summed E-state index contributed by atoms with van der Waals surface area (Å²) < 4.78 is 52.1. The Hall–Kier alpha value is -3.59. The maximum atomic E-state index is 13.6. The summed E-state index contributed by atoms with van der Waals surface area (Å²) in [6.07, 6.45) is 0.620. The Morgan fingerprint density at radius 2 is 1.62 bits per heavy atom. The van der Waals surface area contributed by atoms with E-state index in [1.54, 1.807) is 0 Å². The maximum Gasteiger partial charge on any atom is 0.264 e. The molecule has 0 aromatic heterocycles. The van der Waals surface area contributed by atoms with E-state index < -0.39 is 28.3 Å². The standard InChI is InChI=1S/C25H27FN2O5S/c1-4-22(18-8-6-5-7-9-18)27-25(29)17-28(20-12-10-19(26)11-13-20)34(30,31)21-14-15-23(32-2)24(16-21)33-3/h5-16,22H,4,17H2,1-3H3,(H,27,29)/t22-/m1/s1. The second-order valence-corrected chi connectivity index (χ2v) is 9.31. The van der Waals surface area contributed by atoms with Gasteiger partial charge in [0.1, 0.15) is 12.4 Å².